The van der Waals surface area contributed by atoms with E-state index in [0.717, 1.165) is 12.8 Å². The molecule has 3 heterocycles. The van der Waals surface area contributed by atoms with Gasteiger partial charge in [-0.15, -0.1) is 0 Å². The molecule has 1 atom stereocenters. The van der Waals surface area contributed by atoms with Crippen molar-refractivity contribution in [3.63, 3.8) is 0 Å². The van der Waals surface area contributed by atoms with Crippen LogP contribution in [0.2, 0.25) is 0 Å². The van der Waals surface area contributed by atoms with Crippen LogP contribution in [0.5, 0.6) is 5.88 Å². The summed E-state index contributed by atoms with van der Waals surface area (Å²) in [5.41, 5.74) is -0.304. The Labute approximate surface area is 154 Å². The minimum absolute atomic E-state index is 0.278. The number of methoxy groups -OCH3 is 2. The second-order valence-electron chi connectivity index (χ2n) is 7.60. The number of hydrogen-bond acceptors (Lipinski definition) is 8. The van der Waals surface area contributed by atoms with Crippen molar-refractivity contribution in [2.75, 3.05) is 25.7 Å². The lowest BCUT2D eigenvalue weighted by atomic mass is 9.81. The lowest BCUT2D eigenvalue weighted by molar-refractivity contribution is -0.141. The molecule has 0 amide bonds. The highest BCUT2D eigenvalue weighted by Gasteiger charge is 2.53. The molecular weight excluding hydrogens is 337 g/mol. The lowest BCUT2D eigenvalue weighted by Gasteiger charge is -2.32. The zero-order chi connectivity index (χ0) is 19.1. The Bertz CT molecular complexity index is 681. The van der Waals surface area contributed by atoms with Gasteiger partial charge in [-0.25, -0.2) is 9.78 Å². The number of rotatable bonds is 4. The van der Waals surface area contributed by atoms with E-state index >= 15 is 0 Å². The number of carbonyl (C=O) groups excluding carboxylic acids is 1. The van der Waals surface area contributed by atoms with Gasteiger partial charge in [-0.1, -0.05) is 0 Å². The summed E-state index contributed by atoms with van der Waals surface area (Å²) < 4.78 is 22.5. The minimum Gasteiger partial charge on any atom is -0.481 e. The van der Waals surface area contributed by atoms with Gasteiger partial charge in [0.2, 0.25) is 11.8 Å². The number of esters is 1. The van der Waals surface area contributed by atoms with Crippen LogP contribution in [0.1, 0.15) is 40.5 Å². The van der Waals surface area contributed by atoms with Gasteiger partial charge in [0.05, 0.1) is 30.9 Å². The van der Waals surface area contributed by atoms with Gasteiger partial charge in [0.15, 0.2) is 0 Å². The fourth-order valence-electron chi connectivity index (χ4n) is 3.19. The Morgan fingerprint density at radius 2 is 1.92 bits per heavy atom. The van der Waals surface area contributed by atoms with Crippen LogP contribution in [-0.4, -0.2) is 61.1 Å². The van der Waals surface area contributed by atoms with Crippen molar-refractivity contribution in [2.24, 2.45) is 0 Å². The molecule has 0 aromatic carbocycles. The average molecular weight is 363 g/mol. The third kappa shape index (κ3) is 3.14. The van der Waals surface area contributed by atoms with Crippen molar-refractivity contribution in [2.45, 2.75) is 57.8 Å². The zero-order valence-electron chi connectivity index (χ0n) is 16.2. The third-order valence-electron chi connectivity index (χ3n) is 5.45. The second-order valence-corrected chi connectivity index (χ2v) is 7.60. The molecule has 0 N–H and O–H groups in total. The molecule has 2 aliphatic rings. The highest BCUT2D eigenvalue weighted by atomic mass is 16.7. The normalized spacial score (nSPS) is 24.0. The number of anilines is 1. The molecule has 0 bridgehead atoms. The van der Waals surface area contributed by atoms with E-state index in [0.29, 0.717) is 23.8 Å². The molecule has 3 rings (SSSR count). The maximum Gasteiger partial charge on any atom is 0.502 e. The first-order chi connectivity index (χ1) is 12.2. The van der Waals surface area contributed by atoms with Gasteiger partial charge >= 0.3 is 13.1 Å². The molecule has 1 aromatic rings. The quantitative estimate of drug-likeness (QED) is 0.577. The molecular formula is C17H26BN3O5. The van der Waals surface area contributed by atoms with Crippen molar-refractivity contribution in [3.8, 4) is 5.88 Å². The first kappa shape index (κ1) is 18.9. The van der Waals surface area contributed by atoms with E-state index in [-0.39, 0.29) is 12.0 Å². The zero-order valence-corrected chi connectivity index (χ0v) is 16.2. The smallest absolute Gasteiger partial charge is 0.481 e. The molecule has 0 saturated carbocycles. The molecule has 0 unspecified atom stereocenters. The van der Waals surface area contributed by atoms with Crippen LogP contribution in [0.4, 0.5) is 5.95 Å². The van der Waals surface area contributed by atoms with Gasteiger partial charge in [0.25, 0.3) is 0 Å². The van der Waals surface area contributed by atoms with Gasteiger partial charge in [-0.05, 0) is 40.5 Å². The van der Waals surface area contributed by atoms with Crippen molar-refractivity contribution < 1.29 is 23.6 Å². The summed E-state index contributed by atoms with van der Waals surface area (Å²) in [6.07, 6.45) is 3.25. The lowest BCUT2D eigenvalue weighted by Crippen LogP contribution is -2.41. The van der Waals surface area contributed by atoms with Gasteiger partial charge < -0.3 is 23.7 Å². The first-order valence-electron chi connectivity index (χ1n) is 8.81. The SMILES string of the molecule is COC(=O)[C@H]1CCCN1c1ncc(B2OC(C)(C)C(C)(C)O2)c(OC)n1. The molecule has 0 spiro atoms. The van der Waals surface area contributed by atoms with Crippen LogP contribution in [0.25, 0.3) is 0 Å². The molecule has 0 radical (unpaired) electrons. The van der Waals surface area contributed by atoms with Crippen LogP contribution in [0.15, 0.2) is 6.20 Å². The van der Waals surface area contributed by atoms with E-state index < -0.39 is 18.3 Å². The standard InChI is InChI=1S/C17H26BN3O5/c1-16(2)17(3,4)26-18(25-16)11-10-19-15(20-13(11)23-5)21-9-7-8-12(21)14(22)24-6/h10,12H,7-9H2,1-6H3/t12-/m1/s1. The predicted molar refractivity (Wildman–Crippen MR) is 96.7 cm³/mol. The average Bonchev–Trinajstić information content (AvgIpc) is 3.16. The summed E-state index contributed by atoms with van der Waals surface area (Å²) in [5.74, 6) is 0.541. The molecule has 2 fully saturated rings. The molecule has 9 heteroatoms. The number of aromatic nitrogens is 2. The molecule has 0 aliphatic carbocycles. The number of carbonyl (C=O) groups is 1. The third-order valence-corrected chi connectivity index (χ3v) is 5.45. The molecule has 1 aromatic heterocycles. The Balaban J connectivity index is 1.89. The van der Waals surface area contributed by atoms with E-state index in [4.69, 9.17) is 18.8 Å². The number of nitrogens with zero attached hydrogens (tertiary/aromatic N) is 3. The Morgan fingerprint density at radius 1 is 1.27 bits per heavy atom. The predicted octanol–water partition coefficient (Wildman–Crippen LogP) is 0.926. The maximum atomic E-state index is 12.0. The summed E-state index contributed by atoms with van der Waals surface area (Å²) in [4.78, 5) is 22.8. The molecule has 26 heavy (non-hydrogen) atoms. The summed E-state index contributed by atoms with van der Waals surface area (Å²) in [6, 6.07) is -0.368. The van der Waals surface area contributed by atoms with Crippen molar-refractivity contribution in [1.82, 2.24) is 9.97 Å². The van der Waals surface area contributed by atoms with Gasteiger partial charge in [0.1, 0.15) is 6.04 Å². The largest absolute Gasteiger partial charge is 0.502 e. The summed E-state index contributed by atoms with van der Waals surface area (Å²) >= 11 is 0. The Morgan fingerprint density at radius 3 is 2.50 bits per heavy atom. The van der Waals surface area contributed by atoms with Crippen LogP contribution < -0.4 is 15.1 Å². The number of ether oxygens (including phenoxy) is 2. The highest BCUT2D eigenvalue weighted by Crippen LogP contribution is 2.37. The van der Waals surface area contributed by atoms with E-state index in [1.165, 1.54) is 7.11 Å². The van der Waals surface area contributed by atoms with Crippen LogP contribution in [-0.2, 0) is 18.8 Å². The molecule has 142 valence electrons. The first-order valence-corrected chi connectivity index (χ1v) is 8.81. The summed E-state index contributed by atoms with van der Waals surface area (Å²) in [7, 11) is 2.32. The van der Waals surface area contributed by atoms with E-state index in [9.17, 15) is 4.79 Å². The van der Waals surface area contributed by atoms with Crippen molar-refractivity contribution >= 4 is 24.5 Å². The van der Waals surface area contributed by atoms with Crippen LogP contribution in [0, 0.1) is 0 Å². The molecule has 8 nitrogen and oxygen atoms in total. The minimum atomic E-state index is -0.612. The van der Waals surface area contributed by atoms with Crippen molar-refractivity contribution in [1.29, 1.82) is 0 Å². The summed E-state index contributed by atoms with van der Waals surface area (Å²) in [5, 5.41) is 0. The Kier molecular flexibility index (Phi) is 4.87. The maximum absolute atomic E-state index is 12.0. The van der Waals surface area contributed by atoms with E-state index in [2.05, 4.69) is 9.97 Å². The number of hydrogen-bond donors (Lipinski definition) is 0. The van der Waals surface area contributed by atoms with E-state index in [1.807, 2.05) is 32.6 Å². The monoisotopic (exact) mass is 363 g/mol. The van der Waals surface area contributed by atoms with Crippen LogP contribution >= 0.6 is 0 Å². The highest BCUT2D eigenvalue weighted by molar-refractivity contribution is 6.63. The van der Waals surface area contributed by atoms with E-state index in [1.54, 1.807) is 13.3 Å². The summed E-state index contributed by atoms with van der Waals surface area (Å²) in [6.45, 7) is 8.64. The van der Waals surface area contributed by atoms with Crippen molar-refractivity contribution in [3.05, 3.63) is 6.20 Å². The van der Waals surface area contributed by atoms with Gasteiger partial charge in [-0.2, -0.15) is 4.98 Å². The van der Waals surface area contributed by atoms with Crippen LogP contribution in [0.3, 0.4) is 0 Å². The fourth-order valence-corrected chi connectivity index (χ4v) is 3.19. The second kappa shape index (κ2) is 6.70. The van der Waals surface area contributed by atoms with Gasteiger partial charge in [0, 0.05) is 12.7 Å². The molecule has 2 saturated heterocycles. The topological polar surface area (TPSA) is 83.0 Å². The fraction of sp³-hybridized carbons (Fsp3) is 0.706. The van der Waals surface area contributed by atoms with Gasteiger partial charge in [-0.3, -0.25) is 0 Å². The molecule has 2 aliphatic heterocycles. The Hall–Kier alpha value is -1.87.